The van der Waals surface area contributed by atoms with Crippen molar-refractivity contribution < 1.29 is 4.79 Å². The lowest BCUT2D eigenvalue weighted by molar-refractivity contribution is -0.117. The number of fused-ring (bicyclic) bond motifs is 1. The number of benzene rings is 1. The summed E-state index contributed by atoms with van der Waals surface area (Å²) in [5.41, 5.74) is 7.47. The van der Waals surface area contributed by atoms with Gasteiger partial charge in [-0.15, -0.1) is 0 Å². The summed E-state index contributed by atoms with van der Waals surface area (Å²) in [5, 5.41) is 2.84. The third-order valence-electron chi connectivity index (χ3n) is 2.37. The van der Waals surface area contributed by atoms with Crippen LogP contribution in [0.25, 0.3) is 0 Å². The fraction of sp³-hybridized carbons (Fsp3) is 0.300. The fourth-order valence-electron chi connectivity index (χ4n) is 1.73. The van der Waals surface area contributed by atoms with E-state index in [2.05, 4.69) is 5.32 Å². The molecular weight excluding hydrogens is 164 g/mol. The van der Waals surface area contributed by atoms with Gasteiger partial charge in [0.05, 0.1) is 5.92 Å². The molecule has 0 radical (unpaired) electrons. The summed E-state index contributed by atoms with van der Waals surface area (Å²) in [6.45, 7) is 0.548. The molecule has 0 aliphatic carbocycles. The molecule has 1 aliphatic rings. The van der Waals surface area contributed by atoms with E-state index < -0.39 is 0 Å². The number of rotatable bonds is 2. The van der Waals surface area contributed by atoms with Gasteiger partial charge in [-0.05, 0) is 24.6 Å². The number of anilines is 1. The number of amides is 1. The minimum atomic E-state index is -0.0406. The zero-order valence-corrected chi connectivity index (χ0v) is 7.29. The molecule has 0 saturated heterocycles. The highest BCUT2D eigenvalue weighted by Crippen LogP contribution is 2.33. The molecule has 1 heterocycles. The number of nitrogens with one attached hydrogen (secondary N) is 1. The Labute approximate surface area is 76.9 Å². The molecule has 1 aromatic rings. The molecule has 3 N–H and O–H groups in total. The first-order valence-corrected chi connectivity index (χ1v) is 4.43. The van der Waals surface area contributed by atoms with Gasteiger partial charge >= 0.3 is 0 Å². The molecule has 0 fully saturated rings. The van der Waals surface area contributed by atoms with Crippen LogP contribution in [-0.2, 0) is 4.79 Å². The maximum absolute atomic E-state index is 11.5. The van der Waals surface area contributed by atoms with Gasteiger partial charge in [-0.25, -0.2) is 0 Å². The van der Waals surface area contributed by atoms with Gasteiger partial charge in [-0.2, -0.15) is 0 Å². The number of nitrogens with two attached hydrogens (primary N) is 1. The molecule has 68 valence electrons. The van der Waals surface area contributed by atoms with Gasteiger partial charge in [-0.1, -0.05) is 18.2 Å². The van der Waals surface area contributed by atoms with Crippen LogP contribution >= 0.6 is 0 Å². The van der Waals surface area contributed by atoms with Crippen LogP contribution in [0.3, 0.4) is 0 Å². The van der Waals surface area contributed by atoms with Gasteiger partial charge in [0.25, 0.3) is 0 Å². The second-order valence-corrected chi connectivity index (χ2v) is 3.21. The van der Waals surface area contributed by atoms with Crippen molar-refractivity contribution in [2.75, 3.05) is 11.9 Å². The molecule has 3 nitrogen and oxygen atoms in total. The van der Waals surface area contributed by atoms with Gasteiger partial charge in [0, 0.05) is 5.69 Å². The zero-order valence-electron chi connectivity index (χ0n) is 7.29. The molecule has 0 unspecified atom stereocenters. The SMILES string of the molecule is NCC[C@@H]1C(=O)Nc2ccccc21. The van der Waals surface area contributed by atoms with Crippen molar-refractivity contribution in [3.05, 3.63) is 29.8 Å². The normalized spacial score (nSPS) is 19.8. The molecule has 1 aromatic carbocycles. The molecule has 3 heteroatoms. The van der Waals surface area contributed by atoms with Crippen molar-refractivity contribution >= 4 is 11.6 Å². The van der Waals surface area contributed by atoms with Crippen molar-refractivity contribution in [3.63, 3.8) is 0 Å². The largest absolute Gasteiger partial charge is 0.330 e. The summed E-state index contributed by atoms with van der Waals surface area (Å²) in [7, 11) is 0. The molecular formula is C10H12N2O. The first-order chi connectivity index (χ1) is 6.33. The van der Waals surface area contributed by atoms with Crippen LogP contribution in [-0.4, -0.2) is 12.5 Å². The number of hydrogen-bond donors (Lipinski definition) is 2. The number of carbonyl (C=O) groups excluding carboxylic acids is 1. The number of hydrogen-bond acceptors (Lipinski definition) is 2. The lowest BCUT2D eigenvalue weighted by Crippen LogP contribution is -2.15. The number of carbonyl (C=O) groups is 1. The summed E-state index contributed by atoms with van der Waals surface area (Å²) in [6.07, 6.45) is 0.725. The van der Waals surface area contributed by atoms with Crippen LogP contribution in [0.15, 0.2) is 24.3 Å². The molecule has 1 amide bonds. The highest BCUT2D eigenvalue weighted by atomic mass is 16.2. The number of para-hydroxylation sites is 1. The zero-order chi connectivity index (χ0) is 9.26. The molecule has 1 aliphatic heterocycles. The van der Waals surface area contributed by atoms with Crippen molar-refractivity contribution in [3.8, 4) is 0 Å². The second-order valence-electron chi connectivity index (χ2n) is 3.21. The molecule has 1 atom stereocenters. The van der Waals surface area contributed by atoms with Crippen molar-refractivity contribution in [1.82, 2.24) is 0 Å². The van der Waals surface area contributed by atoms with E-state index in [0.29, 0.717) is 6.54 Å². The molecule has 2 rings (SSSR count). The van der Waals surface area contributed by atoms with Crippen LogP contribution in [0.5, 0.6) is 0 Å². The minimum Gasteiger partial charge on any atom is -0.330 e. The Kier molecular flexibility index (Phi) is 2.02. The maximum atomic E-state index is 11.5. The molecule has 13 heavy (non-hydrogen) atoms. The Morgan fingerprint density at radius 3 is 2.92 bits per heavy atom. The maximum Gasteiger partial charge on any atom is 0.232 e. The van der Waals surface area contributed by atoms with E-state index in [1.165, 1.54) is 0 Å². The summed E-state index contributed by atoms with van der Waals surface area (Å²) < 4.78 is 0. The van der Waals surface area contributed by atoms with E-state index in [-0.39, 0.29) is 11.8 Å². The van der Waals surface area contributed by atoms with Crippen LogP contribution in [0.4, 0.5) is 5.69 Å². The van der Waals surface area contributed by atoms with E-state index >= 15 is 0 Å². The summed E-state index contributed by atoms with van der Waals surface area (Å²) in [6, 6.07) is 7.77. The molecule has 0 aromatic heterocycles. The van der Waals surface area contributed by atoms with E-state index in [1.807, 2.05) is 24.3 Å². The third-order valence-corrected chi connectivity index (χ3v) is 2.37. The highest BCUT2D eigenvalue weighted by molar-refractivity contribution is 6.02. The molecule has 0 spiro atoms. The van der Waals surface area contributed by atoms with Crippen molar-refractivity contribution in [1.29, 1.82) is 0 Å². The first-order valence-electron chi connectivity index (χ1n) is 4.43. The average Bonchev–Trinajstić information content (AvgIpc) is 2.44. The monoisotopic (exact) mass is 176 g/mol. The van der Waals surface area contributed by atoms with Gasteiger partial charge in [0.1, 0.15) is 0 Å². The van der Waals surface area contributed by atoms with Crippen molar-refractivity contribution in [2.24, 2.45) is 5.73 Å². The summed E-state index contributed by atoms with van der Waals surface area (Å²) in [5.74, 6) is 0.0350. The van der Waals surface area contributed by atoms with Crippen LogP contribution in [0, 0.1) is 0 Å². The van der Waals surface area contributed by atoms with E-state index in [9.17, 15) is 4.79 Å². The Hall–Kier alpha value is -1.35. The van der Waals surface area contributed by atoms with Crippen LogP contribution < -0.4 is 11.1 Å². The van der Waals surface area contributed by atoms with E-state index in [4.69, 9.17) is 5.73 Å². The highest BCUT2D eigenvalue weighted by Gasteiger charge is 2.28. The quantitative estimate of drug-likeness (QED) is 0.708. The lowest BCUT2D eigenvalue weighted by atomic mass is 9.97. The predicted molar refractivity (Wildman–Crippen MR) is 51.5 cm³/mol. The minimum absolute atomic E-state index is 0.0406. The Bertz CT molecular complexity index is 335. The predicted octanol–water partition coefficient (Wildman–Crippen LogP) is 1.07. The summed E-state index contributed by atoms with van der Waals surface area (Å²) in [4.78, 5) is 11.5. The van der Waals surface area contributed by atoms with Crippen LogP contribution in [0.1, 0.15) is 17.9 Å². The molecule has 0 bridgehead atoms. The standard InChI is InChI=1S/C10H12N2O/c11-6-5-8-7-3-1-2-4-9(7)12-10(8)13/h1-4,8H,5-6,11H2,(H,12,13)/t8-/m0/s1. The van der Waals surface area contributed by atoms with Gasteiger partial charge < -0.3 is 11.1 Å². The average molecular weight is 176 g/mol. The van der Waals surface area contributed by atoms with E-state index in [1.54, 1.807) is 0 Å². The first kappa shape index (κ1) is 8.26. The lowest BCUT2D eigenvalue weighted by Gasteiger charge is -2.05. The summed E-state index contributed by atoms with van der Waals surface area (Å²) >= 11 is 0. The second kappa shape index (κ2) is 3.18. The van der Waals surface area contributed by atoms with E-state index in [0.717, 1.165) is 17.7 Å². The molecule has 0 saturated carbocycles. The Balaban J connectivity index is 2.35. The van der Waals surface area contributed by atoms with Crippen molar-refractivity contribution in [2.45, 2.75) is 12.3 Å². The van der Waals surface area contributed by atoms with Gasteiger partial charge in [-0.3, -0.25) is 4.79 Å². The Morgan fingerprint density at radius 1 is 1.38 bits per heavy atom. The van der Waals surface area contributed by atoms with Gasteiger partial charge in [0.2, 0.25) is 5.91 Å². The Morgan fingerprint density at radius 2 is 2.15 bits per heavy atom. The van der Waals surface area contributed by atoms with Gasteiger partial charge in [0.15, 0.2) is 0 Å². The third kappa shape index (κ3) is 1.31. The smallest absolute Gasteiger partial charge is 0.232 e. The topological polar surface area (TPSA) is 55.1 Å². The van der Waals surface area contributed by atoms with Crippen LogP contribution in [0.2, 0.25) is 0 Å². The fourth-order valence-corrected chi connectivity index (χ4v) is 1.73.